The summed E-state index contributed by atoms with van der Waals surface area (Å²) in [5.41, 5.74) is 0.143. The van der Waals surface area contributed by atoms with Gasteiger partial charge in [-0.05, 0) is 12.1 Å². The molecule has 1 N–H and O–H groups in total. The van der Waals surface area contributed by atoms with Gasteiger partial charge in [0, 0.05) is 0 Å². The molecule has 4 heteroatoms. The van der Waals surface area contributed by atoms with E-state index in [4.69, 9.17) is 16.7 Å². The van der Waals surface area contributed by atoms with Crippen LogP contribution in [0.2, 0.25) is 5.02 Å². The molecule has 1 rings (SSSR count). The number of carbonyl (C=O) groups is 1. The zero-order valence-corrected chi connectivity index (χ0v) is 7.92. The third kappa shape index (κ3) is 2.69. The number of aromatic carboxylic acids is 1. The van der Waals surface area contributed by atoms with Crippen molar-refractivity contribution in [3.05, 3.63) is 34.9 Å². The minimum atomic E-state index is -0.995. The summed E-state index contributed by atoms with van der Waals surface area (Å²) < 4.78 is 0. The Hall–Kier alpha value is -0.254. The van der Waals surface area contributed by atoms with Gasteiger partial charge < -0.3 is 7.96 Å². The molecule has 0 aliphatic heterocycles. The predicted octanol–water partition coefficient (Wildman–Crippen LogP) is 1.88. The van der Waals surface area contributed by atoms with Crippen LogP contribution in [0.1, 0.15) is 13.2 Å². The molecule has 11 heavy (non-hydrogen) atoms. The fourth-order valence-electron chi connectivity index (χ4n) is 0.635. The average molecular weight is 183 g/mol. The molecule has 0 aliphatic rings. The fourth-order valence-corrected chi connectivity index (χ4v) is 0.851. The van der Waals surface area contributed by atoms with E-state index in [-0.39, 0.29) is 36.5 Å². The minimum absolute atomic E-state index is 0. The van der Waals surface area contributed by atoms with Gasteiger partial charge >= 0.3 is 29.0 Å². The van der Waals surface area contributed by atoms with Crippen LogP contribution in [0.3, 0.4) is 0 Å². The maximum Gasteiger partial charge on any atom is 2.00 e. The van der Waals surface area contributed by atoms with E-state index in [9.17, 15) is 4.79 Å². The van der Waals surface area contributed by atoms with Gasteiger partial charge in [0.15, 0.2) is 0 Å². The molecule has 0 unspecified atom stereocenters. The van der Waals surface area contributed by atoms with Crippen LogP contribution in [0.25, 0.3) is 0 Å². The molecule has 0 fully saturated rings. The van der Waals surface area contributed by atoms with E-state index in [0.29, 0.717) is 0 Å². The SMILES string of the molecule is O=C(O)c1ccccc1Cl.[H-].[H-].[Mg+2]. The molecule has 0 aliphatic carbocycles. The number of halogens is 1. The molecule has 2 nitrogen and oxygen atoms in total. The molecule has 0 saturated heterocycles. The van der Waals surface area contributed by atoms with Crippen molar-refractivity contribution in [2.24, 2.45) is 0 Å². The van der Waals surface area contributed by atoms with Crippen LogP contribution in [0.15, 0.2) is 24.3 Å². The molecular formula is C7H7ClMgO2. The van der Waals surface area contributed by atoms with E-state index in [1.807, 2.05) is 0 Å². The second kappa shape index (κ2) is 4.59. The summed E-state index contributed by atoms with van der Waals surface area (Å²) in [5, 5.41) is 8.75. The molecule has 1 aromatic rings. The fraction of sp³-hybridized carbons (Fsp3) is 0. The number of benzene rings is 1. The van der Waals surface area contributed by atoms with Gasteiger partial charge in [0.2, 0.25) is 0 Å². The number of hydrogen-bond donors (Lipinski definition) is 1. The Bertz CT molecular complexity index is 270. The zero-order valence-electron chi connectivity index (χ0n) is 7.75. The Morgan fingerprint density at radius 3 is 2.36 bits per heavy atom. The van der Waals surface area contributed by atoms with Crippen molar-refractivity contribution in [3.8, 4) is 0 Å². The van der Waals surface area contributed by atoms with Gasteiger partial charge in [-0.2, -0.15) is 0 Å². The summed E-state index contributed by atoms with van der Waals surface area (Å²) in [5.74, 6) is -0.995. The summed E-state index contributed by atoms with van der Waals surface area (Å²) in [6.45, 7) is 0. The quantitative estimate of drug-likeness (QED) is 0.674. The van der Waals surface area contributed by atoms with Crippen LogP contribution in [0.5, 0.6) is 0 Å². The van der Waals surface area contributed by atoms with Gasteiger partial charge in [0.1, 0.15) is 0 Å². The normalized spacial score (nSPS) is 8.45. The van der Waals surface area contributed by atoms with E-state index in [1.54, 1.807) is 18.2 Å². The topological polar surface area (TPSA) is 37.3 Å². The third-order valence-corrected chi connectivity index (χ3v) is 1.43. The first kappa shape index (κ1) is 10.7. The van der Waals surface area contributed by atoms with Crippen molar-refractivity contribution in [1.82, 2.24) is 0 Å². The minimum Gasteiger partial charge on any atom is -1.00 e. The molecule has 0 saturated carbocycles. The summed E-state index contributed by atoms with van der Waals surface area (Å²) in [7, 11) is 0. The molecule has 0 heterocycles. The second-order valence-corrected chi connectivity index (χ2v) is 2.19. The Labute approximate surface area is 88.3 Å². The second-order valence-electron chi connectivity index (χ2n) is 1.78. The molecular weight excluding hydrogens is 176 g/mol. The molecule has 0 bridgehead atoms. The number of hydrogen-bond acceptors (Lipinski definition) is 1. The molecule has 0 aromatic heterocycles. The van der Waals surface area contributed by atoms with Gasteiger partial charge in [-0.1, -0.05) is 23.7 Å². The van der Waals surface area contributed by atoms with Gasteiger partial charge in [-0.25, -0.2) is 4.79 Å². The zero-order chi connectivity index (χ0) is 7.56. The Balaban J connectivity index is -0.000000333. The van der Waals surface area contributed by atoms with Crippen LogP contribution in [-0.4, -0.2) is 34.1 Å². The van der Waals surface area contributed by atoms with Crippen LogP contribution in [0, 0.1) is 0 Å². The molecule has 1 aromatic carbocycles. The smallest absolute Gasteiger partial charge is 1.00 e. The summed E-state index contributed by atoms with van der Waals surface area (Å²) in [4.78, 5) is 10.3. The van der Waals surface area contributed by atoms with E-state index >= 15 is 0 Å². The van der Waals surface area contributed by atoms with Crippen molar-refractivity contribution in [2.75, 3.05) is 0 Å². The molecule has 0 spiro atoms. The van der Waals surface area contributed by atoms with Crippen LogP contribution >= 0.6 is 11.6 Å². The molecule has 0 radical (unpaired) electrons. The monoisotopic (exact) mass is 182 g/mol. The van der Waals surface area contributed by atoms with E-state index < -0.39 is 5.97 Å². The summed E-state index contributed by atoms with van der Waals surface area (Å²) >= 11 is 5.54. The van der Waals surface area contributed by atoms with Crippen molar-refractivity contribution < 1.29 is 12.8 Å². The van der Waals surface area contributed by atoms with E-state index in [1.165, 1.54) is 6.07 Å². The maximum atomic E-state index is 10.3. The average Bonchev–Trinajstić information content (AvgIpc) is 1.88. The third-order valence-electron chi connectivity index (χ3n) is 1.10. The van der Waals surface area contributed by atoms with Crippen LogP contribution in [0.4, 0.5) is 0 Å². The number of rotatable bonds is 1. The van der Waals surface area contributed by atoms with Gasteiger partial charge in [-0.3, -0.25) is 0 Å². The first-order chi connectivity index (χ1) is 4.72. The Morgan fingerprint density at radius 2 is 2.00 bits per heavy atom. The van der Waals surface area contributed by atoms with Crippen molar-refractivity contribution in [3.63, 3.8) is 0 Å². The van der Waals surface area contributed by atoms with E-state index in [0.717, 1.165) is 0 Å². The van der Waals surface area contributed by atoms with Gasteiger partial charge in [-0.15, -0.1) is 0 Å². The van der Waals surface area contributed by atoms with Crippen molar-refractivity contribution >= 4 is 40.6 Å². The van der Waals surface area contributed by atoms with Crippen molar-refractivity contribution in [2.45, 2.75) is 0 Å². The van der Waals surface area contributed by atoms with Gasteiger partial charge in [0.05, 0.1) is 10.6 Å². The first-order valence-electron chi connectivity index (χ1n) is 2.69. The first-order valence-corrected chi connectivity index (χ1v) is 3.07. The molecule has 0 atom stereocenters. The maximum absolute atomic E-state index is 10.3. The van der Waals surface area contributed by atoms with Crippen molar-refractivity contribution in [1.29, 1.82) is 0 Å². The summed E-state index contributed by atoms with van der Waals surface area (Å²) in [6.07, 6.45) is 0. The summed E-state index contributed by atoms with van der Waals surface area (Å²) in [6, 6.07) is 6.33. The Morgan fingerprint density at radius 1 is 1.45 bits per heavy atom. The van der Waals surface area contributed by atoms with Crippen LogP contribution in [-0.2, 0) is 0 Å². The predicted molar refractivity (Wildman–Crippen MR) is 46.4 cm³/mol. The van der Waals surface area contributed by atoms with Gasteiger partial charge in [0.25, 0.3) is 0 Å². The standard InChI is InChI=1S/C7H5ClO2.Mg.2H/c8-6-4-2-1-3-5(6)7(9)10;;;/h1-4H,(H,9,10);;;/q;+2;2*-1. The number of carboxylic acid groups (broad SMARTS) is 1. The molecule has 56 valence electrons. The molecule has 0 amide bonds. The van der Waals surface area contributed by atoms with Crippen LogP contribution < -0.4 is 0 Å². The van der Waals surface area contributed by atoms with E-state index in [2.05, 4.69) is 0 Å². The number of carboxylic acids is 1. The Kier molecular flexibility index (Phi) is 4.48. The largest absolute Gasteiger partial charge is 2.00 e.